The van der Waals surface area contributed by atoms with Crippen molar-refractivity contribution in [1.29, 1.82) is 0 Å². The third-order valence-electron chi connectivity index (χ3n) is 3.76. The molecule has 1 rings (SSSR count). The minimum Gasteiger partial charge on any atom is -0.396 e. The van der Waals surface area contributed by atoms with Gasteiger partial charge in [0.05, 0.1) is 18.8 Å². The average Bonchev–Trinajstić information content (AvgIpc) is 2.63. The highest BCUT2D eigenvalue weighted by molar-refractivity contribution is 6.02. The fourth-order valence-corrected chi connectivity index (χ4v) is 2.41. The summed E-state index contributed by atoms with van der Waals surface area (Å²) in [5, 5.41) is 9.00. The van der Waals surface area contributed by atoms with Crippen LogP contribution in [0.4, 0.5) is 4.79 Å². The first-order chi connectivity index (χ1) is 9.64. The van der Waals surface area contributed by atoms with Crippen molar-refractivity contribution >= 4 is 11.9 Å². The second-order valence-corrected chi connectivity index (χ2v) is 6.97. The summed E-state index contributed by atoms with van der Waals surface area (Å²) >= 11 is 0. The van der Waals surface area contributed by atoms with Gasteiger partial charge >= 0.3 is 6.03 Å². The molecular formula is C15H28N2O4. The Balaban J connectivity index is 2.61. The van der Waals surface area contributed by atoms with Crippen LogP contribution in [0.15, 0.2) is 0 Å². The van der Waals surface area contributed by atoms with Gasteiger partial charge in [0.25, 0.3) is 5.91 Å². The number of hydrogen-bond acceptors (Lipinski definition) is 4. The number of aliphatic hydroxyl groups is 1. The molecule has 1 heterocycles. The smallest absolute Gasteiger partial charge is 0.327 e. The minimum absolute atomic E-state index is 0.119. The first-order valence-electron chi connectivity index (χ1n) is 7.45. The lowest BCUT2D eigenvalue weighted by molar-refractivity contribution is -0.130. The molecule has 0 bridgehead atoms. The summed E-state index contributed by atoms with van der Waals surface area (Å²) in [5.41, 5.74) is -0.799. The Morgan fingerprint density at radius 1 is 1.19 bits per heavy atom. The molecule has 1 saturated heterocycles. The zero-order valence-electron chi connectivity index (χ0n) is 13.8. The fourth-order valence-electron chi connectivity index (χ4n) is 2.41. The van der Waals surface area contributed by atoms with E-state index < -0.39 is 5.54 Å². The maximum Gasteiger partial charge on any atom is 0.327 e. The predicted molar refractivity (Wildman–Crippen MR) is 79.9 cm³/mol. The van der Waals surface area contributed by atoms with Crippen LogP contribution in [0.1, 0.15) is 41.0 Å². The van der Waals surface area contributed by atoms with Crippen LogP contribution in [0.3, 0.4) is 0 Å². The molecule has 1 fully saturated rings. The summed E-state index contributed by atoms with van der Waals surface area (Å²) in [6.45, 7) is 11.1. The highest BCUT2D eigenvalue weighted by Crippen LogP contribution is 2.25. The summed E-state index contributed by atoms with van der Waals surface area (Å²) in [5.74, 6) is -0.176. The van der Waals surface area contributed by atoms with Crippen molar-refractivity contribution in [2.75, 3.05) is 32.9 Å². The van der Waals surface area contributed by atoms with Gasteiger partial charge in [-0.2, -0.15) is 0 Å². The van der Waals surface area contributed by atoms with Gasteiger partial charge in [0, 0.05) is 13.2 Å². The zero-order chi connectivity index (χ0) is 16.3. The van der Waals surface area contributed by atoms with Crippen LogP contribution < -0.4 is 0 Å². The molecule has 6 heteroatoms. The van der Waals surface area contributed by atoms with E-state index in [0.717, 1.165) is 0 Å². The van der Waals surface area contributed by atoms with Crippen molar-refractivity contribution in [1.82, 2.24) is 9.80 Å². The number of ether oxygens (including phenoxy) is 1. The van der Waals surface area contributed by atoms with Crippen molar-refractivity contribution in [3.63, 3.8) is 0 Å². The van der Waals surface area contributed by atoms with Crippen LogP contribution >= 0.6 is 0 Å². The zero-order valence-corrected chi connectivity index (χ0v) is 13.8. The molecule has 0 atom stereocenters. The van der Waals surface area contributed by atoms with E-state index in [9.17, 15) is 9.59 Å². The van der Waals surface area contributed by atoms with Crippen molar-refractivity contribution in [3.05, 3.63) is 0 Å². The number of carbonyl (C=O) groups is 2. The Labute approximate surface area is 127 Å². The normalized spacial score (nSPS) is 17.0. The summed E-state index contributed by atoms with van der Waals surface area (Å²) < 4.78 is 5.72. The molecular weight excluding hydrogens is 272 g/mol. The first kappa shape index (κ1) is 17.9. The van der Waals surface area contributed by atoms with Gasteiger partial charge in [-0.3, -0.25) is 9.69 Å². The van der Waals surface area contributed by atoms with Crippen LogP contribution in [0, 0.1) is 5.41 Å². The Kier molecular flexibility index (Phi) is 5.75. The number of likely N-dealkylation sites (N-methyl/N-ethyl adjacent to an activating group) is 1. The van der Waals surface area contributed by atoms with E-state index in [-0.39, 0.29) is 37.1 Å². The first-order valence-corrected chi connectivity index (χ1v) is 7.45. The van der Waals surface area contributed by atoms with Crippen LogP contribution in [0.2, 0.25) is 0 Å². The highest BCUT2D eigenvalue weighted by atomic mass is 16.5. The number of nitrogens with zero attached hydrogens (tertiary/aromatic N) is 2. The van der Waals surface area contributed by atoms with Crippen molar-refractivity contribution in [2.24, 2.45) is 5.41 Å². The minimum atomic E-state index is -0.673. The molecule has 1 aliphatic rings. The van der Waals surface area contributed by atoms with Crippen LogP contribution in [0.25, 0.3) is 0 Å². The summed E-state index contributed by atoms with van der Waals surface area (Å²) in [6, 6.07) is -0.245. The standard InChI is InChI=1S/C15H28N2O4/c1-6-16-9-12(19)17(13(16)20)15(4,5)11-21-10-14(2,3)7-8-18/h18H,6-11H2,1-5H3. The van der Waals surface area contributed by atoms with Gasteiger partial charge in [0.2, 0.25) is 0 Å². The van der Waals surface area contributed by atoms with Gasteiger partial charge < -0.3 is 14.7 Å². The molecule has 0 unspecified atom stereocenters. The molecule has 0 aromatic heterocycles. The number of urea groups is 1. The maximum atomic E-state index is 12.2. The monoisotopic (exact) mass is 300 g/mol. The molecule has 1 N–H and O–H groups in total. The molecule has 0 aromatic rings. The summed E-state index contributed by atoms with van der Waals surface area (Å²) in [7, 11) is 0. The van der Waals surface area contributed by atoms with E-state index in [1.807, 2.05) is 34.6 Å². The lowest BCUT2D eigenvalue weighted by Crippen LogP contribution is -2.51. The Morgan fingerprint density at radius 3 is 2.29 bits per heavy atom. The summed E-state index contributed by atoms with van der Waals surface area (Å²) in [6.07, 6.45) is 0.651. The van der Waals surface area contributed by atoms with E-state index in [0.29, 0.717) is 19.6 Å². The van der Waals surface area contributed by atoms with Gasteiger partial charge in [-0.15, -0.1) is 0 Å². The van der Waals surface area contributed by atoms with E-state index >= 15 is 0 Å². The molecule has 21 heavy (non-hydrogen) atoms. The van der Waals surface area contributed by atoms with Crippen LogP contribution in [-0.4, -0.2) is 65.3 Å². The Bertz CT molecular complexity index is 393. The third kappa shape index (κ3) is 4.41. The van der Waals surface area contributed by atoms with Gasteiger partial charge in [-0.25, -0.2) is 4.79 Å². The quantitative estimate of drug-likeness (QED) is 0.689. The van der Waals surface area contributed by atoms with E-state index in [2.05, 4.69) is 0 Å². The highest BCUT2D eigenvalue weighted by Gasteiger charge is 2.44. The number of imide groups is 1. The van der Waals surface area contributed by atoms with Gasteiger partial charge in [0.1, 0.15) is 6.54 Å². The van der Waals surface area contributed by atoms with Crippen LogP contribution in [-0.2, 0) is 9.53 Å². The predicted octanol–water partition coefficient (Wildman–Crippen LogP) is 1.47. The molecule has 0 aliphatic carbocycles. The largest absolute Gasteiger partial charge is 0.396 e. The van der Waals surface area contributed by atoms with Gasteiger partial charge in [0.15, 0.2) is 0 Å². The fraction of sp³-hybridized carbons (Fsp3) is 0.867. The topological polar surface area (TPSA) is 70.1 Å². The Hall–Kier alpha value is -1.14. The van der Waals surface area contributed by atoms with Gasteiger partial charge in [-0.1, -0.05) is 13.8 Å². The van der Waals surface area contributed by atoms with Crippen molar-refractivity contribution < 1.29 is 19.4 Å². The third-order valence-corrected chi connectivity index (χ3v) is 3.76. The van der Waals surface area contributed by atoms with Crippen molar-refractivity contribution in [2.45, 2.75) is 46.6 Å². The second kappa shape index (κ2) is 6.75. The molecule has 0 saturated carbocycles. The SMILES string of the molecule is CCN1CC(=O)N(C(C)(C)COCC(C)(C)CCO)C1=O. The lowest BCUT2D eigenvalue weighted by Gasteiger charge is -2.34. The van der Waals surface area contributed by atoms with E-state index in [1.165, 1.54) is 9.80 Å². The number of rotatable bonds is 8. The second-order valence-electron chi connectivity index (χ2n) is 6.97. The Morgan fingerprint density at radius 2 is 1.81 bits per heavy atom. The maximum absolute atomic E-state index is 12.2. The number of carbonyl (C=O) groups excluding carboxylic acids is 2. The molecule has 0 radical (unpaired) electrons. The molecule has 3 amide bonds. The molecule has 0 spiro atoms. The number of amides is 3. The number of aliphatic hydroxyl groups excluding tert-OH is 1. The molecule has 0 aromatic carbocycles. The van der Waals surface area contributed by atoms with Crippen molar-refractivity contribution in [3.8, 4) is 0 Å². The van der Waals surface area contributed by atoms with Gasteiger partial charge in [-0.05, 0) is 32.6 Å². The number of hydrogen-bond donors (Lipinski definition) is 1. The molecule has 6 nitrogen and oxygen atoms in total. The summed E-state index contributed by atoms with van der Waals surface area (Å²) in [4.78, 5) is 27.1. The van der Waals surface area contributed by atoms with E-state index in [1.54, 1.807) is 0 Å². The molecule has 1 aliphatic heterocycles. The average molecular weight is 300 g/mol. The van der Waals surface area contributed by atoms with E-state index in [4.69, 9.17) is 9.84 Å². The van der Waals surface area contributed by atoms with Crippen LogP contribution in [0.5, 0.6) is 0 Å². The lowest BCUT2D eigenvalue weighted by atomic mass is 9.91. The molecule has 122 valence electrons.